The lowest BCUT2D eigenvalue weighted by molar-refractivity contribution is -0.217. The molecule has 0 radical (unpaired) electrons. The van der Waals surface area contributed by atoms with Gasteiger partial charge in [0.05, 0.1) is 7.11 Å². The Labute approximate surface area is 123 Å². The van der Waals surface area contributed by atoms with Gasteiger partial charge in [-0.25, -0.2) is 0 Å². The first-order chi connectivity index (χ1) is 9.98. The van der Waals surface area contributed by atoms with E-state index in [1.54, 1.807) is 33.1 Å². The first kappa shape index (κ1) is 14.6. The molecule has 0 unspecified atom stereocenters. The van der Waals surface area contributed by atoms with E-state index in [-0.39, 0.29) is 6.61 Å². The molecule has 116 valence electrons. The number of ether oxygens (including phenoxy) is 5. The van der Waals surface area contributed by atoms with Gasteiger partial charge in [-0.15, -0.1) is 0 Å². The van der Waals surface area contributed by atoms with Crippen molar-refractivity contribution < 1.29 is 28.8 Å². The van der Waals surface area contributed by atoms with Crippen LogP contribution >= 0.6 is 0 Å². The average molecular weight is 296 g/mol. The van der Waals surface area contributed by atoms with Gasteiger partial charge in [-0.05, 0) is 38.1 Å². The van der Waals surface area contributed by atoms with Crippen LogP contribution in [0.4, 0.5) is 0 Å². The molecule has 0 aromatic heterocycles. The Morgan fingerprint density at radius 2 is 1.81 bits per heavy atom. The van der Waals surface area contributed by atoms with Crippen molar-refractivity contribution in [2.24, 2.45) is 0 Å². The van der Waals surface area contributed by atoms with Crippen LogP contribution in [0.5, 0.6) is 11.5 Å². The van der Waals surface area contributed by atoms with Crippen LogP contribution in [0, 0.1) is 0 Å². The van der Waals surface area contributed by atoms with Crippen LogP contribution in [-0.2, 0) is 14.2 Å². The molecule has 3 rings (SSSR count). The summed E-state index contributed by atoms with van der Waals surface area (Å²) in [5, 5.41) is 10.2. The molecule has 0 saturated carbocycles. The van der Waals surface area contributed by atoms with E-state index in [1.807, 2.05) is 12.1 Å². The third-order valence-corrected chi connectivity index (χ3v) is 3.59. The molecular formula is C15H20O6. The molecular weight excluding hydrogens is 276 g/mol. The highest BCUT2D eigenvalue weighted by atomic mass is 16.8. The summed E-state index contributed by atoms with van der Waals surface area (Å²) in [5.74, 6) is 0.724. The molecule has 21 heavy (non-hydrogen) atoms. The molecule has 6 nitrogen and oxygen atoms in total. The molecule has 2 fully saturated rings. The summed E-state index contributed by atoms with van der Waals surface area (Å²) in [6.07, 6.45) is -2.25. The van der Waals surface area contributed by atoms with Gasteiger partial charge in [-0.2, -0.15) is 0 Å². The van der Waals surface area contributed by atoms with Gasteiger partial charge in [0, 0.05) is 0 Å². The molecule has 2 aliphatic rings. The SMILES string of the molecule is COc1ccc(OC[C@H]2O[C@H]3OC(C)(C)O[C@H]3[C@@H]2O)cc1. The molecule has 4 atom stereocenters. The molecule has 0 amide bonds. The fourth-order valence-corrected chi connectivity index (χ4v) is 2.55. The zero-order valence-electron chi connectivity index (χ0n) is 12.3. The van der Waals surface area contributed by atoms with Crippen molar-refractivity contribution in [1.82, 2.24) is 0 Å². The lowest BCUT2D eigenvalue weighted by Crippen LogP contribution is -2.37. The van der Waals surface area contributed by atoms with Crippen LogP contribution in [0.3, 0.4) is 0 Å². The molecule has 2 heterocycles. The number of benzene rings is 1. The number of aliphatic hydroxyl groups excluding tert-OH is 1. The van der Waals surface area contributed by atoms with Crippen molar-refractivity contribution in [1.29, 1.82) is 0 Å². The second-order valence-electron chi connectivity index (χ2n) is 5.62. The van der Waals surface area contributed by atoms with Gasteiger partial charge in [-0.3, -0.25) is 0 Å². The Balaban J connectivity index is 1.55. The smallest absolute Gasteiger partial charge is 0.190 e. The summed E-state index contributed by atoms with van der Waals surface area (Å²) in [7, 11) is 1.61. The quantitative estimate of drug-likeness (QED) is 0.903. The minimum atomic E-state index is -0.768. The zero-order valence-corrected chi connectivity index (χ0v) is 12.3. The van der Waals surface area contributed by atoms with Crippen molar-refractivity contribution >= 4 is 0 Å². The molecule has 1 aromatic rings. The van der Waals surface area contributed by atoms with E-state index in [0.717, 1.165) is 5.75 Å². The summed E-state index contributed by atoms with van der Waals surface area (Å²) < 4.78 is 27.6. The molecule has 2 saturated heterocycles. The normalized spacial score (nSPS) is 33.7. The van der Waals surface area contributed by atoms with Crippen LogP contribution in [-0.4, -0.2) is 49.2 Å². The Kier molecular flexibility index (Phi) is 3.79. The van der Waals surface area contributed by atoms with Crippen LogP contribution in [0.25, 0.3) is 0 Å². The third kappa shape index (κ3) is 2.98. The Morgan fingerprint density at radius 1 is 1.14 bits per heavy atom. The van der Waals surface area contributed by atoms with Crippen LogP contribution < -0.4 is 9.47 Å². The second-order valence-corrected chi connectivity index (χ2v) is 5.62. The number of hydrogen-bond donors (Lipinski definition) is 1. The fraction of sp³-hybridized carbons (Fsp3) is 0.600. The van der Waals surface area contributed by atoms with Gasteiger partial charge in [0.15, 0.2) is 12.1 Å². The summed E-state index contributed by atoms with van der Waals surface area (Å²) in [5.41, 5.74) is 0. The average Bonchev–Trinajstić information content (AvgIpc) is 2.91. The largest absolute Gasteiger partial charge is 0.497 e. The number of rotatable bonds is 4. The van der Waals surface area contributed by atoms with Gasteiger partial charge in [0.25, 0.3) is 0 Å². The van der Waals surface area contributed by atoms with E-state index in [1.165, 1.54) is 0 Å². The molecule has 1 N–H and O–H groups in total. The van der Waals surface area contributed by atoms with E-state index in [4.69, 9.17) is 23.7 Å². The summed E-state index contributed by atoms with van der Waals surface area (Å²) in [4.78, 5) is 0. The minimum absolute atomic E-state index is 0.230. The number of hydrogen-bond acceptors (Lipinski definition) is 6. The molecule has 1 aromatic carbocycles. The topological polar surface area (TPSA) is 66.4 Å². The molecule has 2 aliphatic heterocycles. The summed E-state index contributed by atoms with van der Waals surface area (Å²) >= 11 is 0. The Bertz CT molecular complexity index is 485. The maximum absolute atomic E-state index is 10.2. The predicted molar refractivity (Wildman–Crippen MR) is 73.2 cm³/mol. The lowest BCUT2D eigenvalue weighted by Gasteiger charge is -2.23. The van der Waals surface area contributed by atoms with Crippen molar-refractivity contribution in [2.75, 3.05) is 13.7 Å². The zero-order chi connectivity index (χ0) is 15.0. The molecule has 0 spiro atoms. The highest BCUT2D eigenvalue weighted by Crippen LogP contribution is 2.37. The first-order valence-electron chi connectivity index (χ1n) is 6.94. The predicted octanol–water partition coefficient (Wildman–Crippen LogP) is 1.31. The first-order valence-corrected chi connectivity index (χ1v) is 6.94. The van der Waals surface area contributed by atoms with Crippen molar-refractivity contribution in [3.05, 3.63) is 24.3 Å². The third-order valence-electron chi connectivity index (χ3n) is 3.59. The monoisotopic (exact) mass is 296 g/mol. The second kappa shape index (κ2) is 5.46. The highest BCUT2D eigenvalue weighted by Gasteiger charge is 2.54. The number of aliphatic hydroxyl groups is 1. The summed E-state index contributed by atoms with van der Waals surface area (Å²) in [6, 6.07) is 7.23. The fourth-order valence-electron chi connectivity index (χ4n) is 2.55. The molecule has 0 aliphatic carbocycles. The van der Waals surface area contributed by atoms with Gasteiger partial charge in [-0.1, -0.05) is 0 Å². The number of fused-ring (bicyclic) bond motifs is 1. The minimum Gasteiger partial charge on any atom is -0.497 e. The Hall–Kier alpha value is -1.34. The highest BCUT2D eigenvalue weighted by molar-refractivity contribution is 5.31. The number of methoxy groups -OCH3 is 1. The maximum Gasteiger partial charge on any atom is 0.190 e. The van der Waals surface area contributed by atoms with E-state index >= 15 is 0 Å². The molecule has 6 heteroatoms. The van der Waals surface area contributed by atoms with Crippen molar-refractivity contribution in [2.45, 2.75) is 44.2 Å². The van der Waals surface area contributed by atoms with E-state index in [9.17, 15) is 5.11 Å². The lowest BCUT2D eigenvalue weighted by atomic mass is 10.1. The maximum atomic E-state index is 10.2. The van der Waals surface area contributed by atoms with Gasteiger partial charge in [0.2, 0.25) is 0 Å². The Morgan fingerprint density at radius 3 is 2.43 bits per heavy atom. The van der Waals surface area contributed by atoms with Gasteiger partial charge >= 0.3 is 0 Å². The standard InChI is InChI=1S/C15H20O6/c1-15(2)20-13-12(16)11(19-14(13)21-15)8-18-10-6-4-9(17-3)5-7-10/h4-7,11-14,16H,8H2,1-3H3/t11-,12-,13+,14+/m1/s1. The van der Waals surface area contributed by atoms with Gasteiger partial charge < -0.3 is 28.8 Å². The van der Waals surface area contributed by atoms with Crippen LogP contribution in [0.1, 0.15) is 13.8 Å². The summed E-state index contributed by atoms with van der Waals surface area (Å²) in [6.45, 7) is 3.82. The van der Waals surface area contributed by atoms with Crippen molar-refractivity contribution in [3.63, 3.8) is 0 Å². The van der Waals surface area contributed by atoms with Crippen LogP contribution in [0.15, 0.2) is 24.3 Å². The molecule has 0 bridgehead atoms. The van der Waals surface area contributed by atoms with E-state index in [2.05, 4.69) is 0 Å². The van der Waals surface area contributed by atoms with E-state index < -0.39 is 30.4 Å². The van der Waals surface area contributed by atoms with E-state index in [0.29, 0.717) is 5.75 Å². The van der Waals surface area contributed by atoms with Gasteiger partial charge in [0.1, 0.15) is 36.4 Å². The van der Waals surface area contributed by atoms with Crippen molar-refractivity contribution in [3.8, 4) is 11.5 Å². The van der Waals surface area contributed by atoms with Crippen LogP contribution in [0.2, 0.25) is 0 Å².